The van der Waals surface area contributed by atoms with E-state index in [0.29, 0.717) is 21.9 Å². The Morgan fingerprint density at radius 2 is 1.81 bits per heavy atom. The average molecular weight is 220 g/mol. The number of carbonyl (C=O) groups excluding carboxylic acids is 1. The molecule has 0 spiro atoms. The number of rotatable bonds is 1. The number of ketones is 1. The van der Waals surface area contributed by atoms with Crippen molar-refractivity contribution in [2.24, 2.45) is 0 Å². The molecule has 2 aromatic rings. The van der Waals surface area contributed by atoms with E-state index in [-0.39, 0.29) is 5.78 Å². The first-order valence-corrected chi connectivity index (χ1v) is 4.90. The zero-order valence-electron chi connectivity index (χ0n) is 8.97. The summed E-state index contributed by atoms with van der Waals surface area (Å²) in [5.41, 5.74) is 1.11. The van der Waals surface area contributed by atoms with Gasteiger partial charge in [0.2, 0.25) is 0 Å². The molecular weight excluding hydrogens is 210 g/mol. The highest BCUT2D eigenvalue weighted by Gasteiger charge is 2.11. The molecule has 0 aliphatic carbocycles. The van der Waals surface area contributed by atoms with Crippen LogP contribution in [0, 0.1) is 18.6 Å². The number of hydrogen-bond acceptors (Lipinski definition) is 1. The van der Waals surface area contributed by atoms with Crippen LogP contribution in [0.2, 0.25) is 0 Å². The molecule has 0 aromatic heterocycles. The molecule has 0 unspecified atom stereocenters. The van der Waals surface area contributed by atoms with Gasteiger partial charge in [-0.3, -0.25) is 4.79 Å². The van der Waals surface area contributed by atoms with Gasteiger partial charge in [-0.2, -0.15) is 0 Å². The van der Waals surface area contributed by atoms with Gasteiger partial charge in [-0.15, -0.1) is 0 Å². The highest BCUT2D eigenvalue weighted by Crippen LogP contribution is 2.25. The Balaban J connectivity index is 2.89. The topological polar surface area (TPSA) is 17.1 Å². The highest BCUT2D eigenvalue weighted by atomic mass is 19.1. The number of Topliss-reactive ketones (excluding diaryl/α,β-unsaturated/α-hetero) is 1. The molecule has 0 saturated heterocycles. The van der Waals surface area contributed by atoms with Crippen molar-refractivity contribution in [2.75, 3.05) is 0 Å². The van der Waals surface area contributed by atoms with Crippen LogP contribution in [0.5, 0.6) is 0 Å². The van der Waals surface area contributed by atoms with E-state index in [9.17, 15) is 13.6 Å². The lowest BCUT2D eigenvalue weighted by Gasteiger charge is -2.07. The molecule has 0 bridgehead atoms. The summed E-state index contributed by atoms with van der Waals surface area (Å²) in [6, 6.07) is 5.17. The zero-order chi connectivity index (χ0) is 11.9. The second kappa shape index (κ2) is 3.67. The third-order valence-corrected chi connectivity index (χ3v) is 2.70. The van der Waals surface area contributed by atoms with Gasteiger partial charge in [-0.05, 0) is 30.9 Å². The maximum atomic E-state index is 13.4. The second-order valence-corrected chi connectivity index (χ2v) is 3.78. The van der Waals surface area contributed by atoms with Gasteiger partial charge < -0.3 is 0 Å². The van der Waals surface area contributed by atoms with Crippen LogP contribution in [-0.2, 0) is 0 Å². The standard InChI is InChI=1S/C13H10F2O/c1-7-10(8(2)16)3-4-11-12(7)5-9(14)6-13(11)15/h3-6H,1-2H3. The largest absolute Gasteiger partial charge is 0.295 e. The number of carbonyl (C=O) groups is 1. The Bertz CT molecular complexity index is 588. The van der Waals surface area contributed by atoms with Crippen molar-refractivity contribution in [1.82, 2.24) is 0 Å². The van der Waals surface area contributed by atoms with Gasteiger partial charge in [0.05, 0.1) is 0 Å². The number of halogens is 2. The number of benzene rings is 2. The monoisotopic (exact) mass is 220 g/mol. The van der Waals surface area contributed by atoms with Gasteiger partial charge >= 0.3 is 0 Å². The Morgan fingerprint density at radius 3 is 2.44 bits per heavy atom. The summed E-state index contributed by atoms with van der Waals surface area (Å²) in [4.78, 5) is 11.3. The van der Waals surface area contributed by atoms with Gasteiger partial charge in [-0.25, -0.2) is 8.78 Å². The lowest BCUT2D eigenvalue weighted by molar-refractivity contribution is 0.101. The summed E-state index contributed by atoms with van der Waals surface area (Å²) in [6.45, 7) is 3.13. The molecule has 2 aromatic carbocycles. The minimum Gasteiger partial charge on any atom is -0.295 e. The van der Waals surface area contributed by atoms with E-state index < -0.39 is 11.6 Å². The van der Waals surface area contributed by atoms with Crippen molar-refractivity contribution in [3.05, 3.63) is 47.0 Å². The molecule has 0 atom stereocenters. The van der Waals surface area contributed by atoms with Crippen molar-refractivity contribution in [3.63, 3.8) is 0 Å². The predicted octanol–water partition coefficient (Wildman–Crippen LogP) is 3.63. The van der Waals surface area contributed by atoms with Crippen LogP contribution in [0.3, 0.4) is 0 Å². The minimum atomic E-state index is -0.631. The summed E-state index contributed by atoms with van der Waals surface area (Å²) in [6.07, 6.45) is 0. The highest BCUT2D eigenvalue weighted by molar-refractivity contribution is 6.01. The van der Waals surface area contributed by atoms with Crippen molar-refractivity contribution in [3.8, 4) is 0 Å². The summed E-state index contributed by atoms with van der Waals surface area (Å²) in [7, 11) is 0. The molecule has 3 heteroatoms. The Kier molecular flexibility index (Phi) is 2.46. The lowest BCUT2D eigenvalue weighted by atomic mass is 9.98. The molecule has 0 aliphatic rings. The number of hydrogen-bond donors (Lipinski definition) is 0. The molecule has 82 valence electrons. The molecule has 2 rings (SSSR count). The number of aryl methyl sites for hydroxylation is 1. The summed E-state index contributed by atoms with van der Waals surface area (Å²) in [5.74, 6) is -1.34. The molecule has 1 nitrogen and oxygen atoms in total. The second-order valence-electron chi connectivity index (χ2n) is 3.78. The van der Waals surface area contributed by atoms with E-state index in [0.717, 1.165) is 6.07 Å². The molecule has 0 aliphatic heterocycles. The molecule has 0 N–H and O–H groups in total. The lowest BCUT2D eigenvalue weighted by Crippen LogP contribution is -1.97. The fourth-order valence-electron chi connectivity index (χ4n) is 1.88. The van der Waals surface area contributed by atoms with E-state index in [1.165, 1.54) is 19.1 Å². The van der Waals surface area contributed by atoms with Crippen LogP contribution in [0.4, 0.5) is 8.78 Å². The third-order valence-electron chi connectivity index (χ3n) is 2.70. The van der Waals surface area contributed by atoms with E-state index >= 15 is 0 Å². The summed E-state index contributed by atoms with van der Waals surface area (Å²) >= 11 is 0. The molecule has 0 radical (unpaired) electrons. The summed E-state index contributed by atoms with van der Waals surface area (Å²) in [5, 5.41) is 0.786. The first-order valence-electron chi connectivity index (χ1n) is 4.90. The van der Waals surface area contributed by atoms with Gasteiger partial charge in [0.1, 0.15) is 11.6 Å². The fraction of sp³-hybridized carbons (Fsp3) is 0.154. The number of fused-ring (bicyclic) bond motifs is 1. The zero-order valence-corrected chi connectivity index (χ0v) is 8.97. The van der Waals surface area contributed by atoms with Crippen LogP contribution in [0.15, 0.2) is 24.3 Å². The van der Waals surface area contributed by atoms with Crippen molar-refractivity contribution < 1.29 is 13.6 Å². The van der Waals surface area contributed by atoms with Crippen molar-refractivity contribution in [2.45, 2.75) is 13.8 Å². The molecule has 0 fully saturated rings. The van der Waals surface area contributed by atoms with Crippen LogP contribution in [0.1, 0.15) is 22.8 Å². The quantitative estimate of drug-likeness (QED) is 0.671. The van der Waals surface area contributed by atoms with Crippen molar-refractivity contribution >= 4 is 16.6 Å². The fourth-order valence-corrected chi connectivity index (χ4v) is 1.88. The minimum absolute atomic E-state index is 0.107. The Labute approximate surface area is 91.7 Å². The van der Waals surface area contributed by atoms with E-state index in [1.54, 1.807) is 13.0 Å². The first-order chi connectivity index (χ1) is 7.50. The third kappa shape index (κ3) is 1.58. The van der Waals surface area contributed by atoms with Crippen LogP contribution < -0.4 is 0 Å². The van der Waals surface area contributed by atoms with Gasteiger partial charge in [0.15, 0.2) is 5.78 Å². The Hall–Kier alpha value is -1.77. The average Bonchev–Trinajstić information content (AvgIpc) is 2.19. The van der Waals surface area contributed by atoms with Gasteiger partial charge in [0, 0.05) is 17.0 Å². The van der Waals surface area contributed by atoms with Gasteiger partial charge in [-0.1, -0.05) is 12.1 Å². The van der Waals surface area contributed by atoms with Crippen LogP contribution >= 0.6 is 0 Å². The van der Waals surface area contributed by atoms with Gasteiger partial charge in [0.25, 0.3) is 0 Å². The van der Waals surface area contributed by atoms with Crippen molar-refractivity contribution in [1.29, 1.82) is 0 Å². The molecule has 0 amide bonds. The van der Waals surface area contributed by atoms with Crippen LogP contribution in [0.25, 0.3) is 10.8 Å². The van der Waals surface area contributed by atoms with E-state index in [1.807, 2.05) is 0 Å². The normalized spacial score (nSPS) is 10.8. The maximum absolute atomic E-state index is 13.4. The van der Waals surface area contributed by atoms with E-state index in [4.69, 9.17) is 0 Å². The van der Waals surface area contributed by atoms with E-state index in [2.05, 4.69) is 0 Å². The molecule has 16 heavy (non-hydrogen) atoms. The van der Waals surface area contributed by atoms with Crippen LogP contribution in [-0.4, -0.2) is 5.78 Å². The molecule has 0 saturated carbocycles. The Morgan fingerprint density at radius 1 is 1.12 bits per heavy atom. The molecular formula is C13H10F2O. The maximum Gasteiger partial charge on any atom is 0.160 e. The first kappa shape index (κ1) is 10.7. The summed E-state index contributed by atoms with van der Waals surface area (Å²) < 4.78 is 26.5. The molecule has 0 heterocycles. The smallest absolute Gasteiger partial charge is 0.160 e. The SMILES string of the molecule is CC(=O)c1ccc2c(F)cc(F)cc2c1C. The predicted molar refractivity (Wildman–Crippen MR) is 58.6 cm³/mol.